The molecule has 0 bridgehead atoms. The molecule has 1 aliphatic heterocycles. The number of aromatic nitrogens is 5. The van der Waals surface area contributed by atoms with E-state index in [9.17, 15) is 9.59 Å². The van der Waals surface area contributed by atoms with E-state index in [0.717, 1.165) is 48.7 Å². The van der Waals surface area contributed by atoms with Gasteiger partial charge in [-0.3, -0.25) is 14.2 Å². The van der Waals surface area contributed by atoms with Crippen LogP contribution in [0.2, 0.25) is 0 Å². The smallest absolute Gasteiger partial charge is 0.261 e. The molecule has 0 atom stereocenters. The van der Waals surface area contributed by atoms with Gasteiger partial charge < -0.3 is 9.88 Å². The Morgan fingerprint density at radius 2 is 1.85 bits per heavy atom. The Morgan fingerprint density at radius 3 is 2.70 bits per heavy atom. The summed E-state index contributed by atoms with van der Waals surface area (Å²) in [5.41, 5.74) is 2.26. The predicted molar refractivity (Wildman–Crippen MR) is 127 cm³/mol. The number of anilines is 1. The number of para-hydroxylation sites is 1. The number of rotatable bonds is 5. The minimum absolute atomic E-state index is 0.0991. The molecule has 3 heterocycles. The molecule has 1 amide bonds. The van der Waals surface area contributed by atoms with Crippen molar-refractivity contribution in [3.05, 3.63) is 70.5 Å². The van der Waals surface area contributed by atoms with Crippen LogP contribution in [-0.4, -0.2) is 30.2 Å². The Balaban J connectivity index is 1.25. The van der Waals surface area contributed by atoms with Gasteiger partial charge in [0, 0.05) is 44.1 Å². The molecule has 168 valence electrons. The van der Waals surface area contributed by atoms with Crippen molar-refractivity contribution >= 4 is 22.5 Å². The summed E-state index contributed by atoms with van der Waals surface area (Å²) < 4.78 is 3.73. The van der Waals surface area contributed by atoms with Gasteiger partial charge in [0.1, 0.15) is 11.6 Å². The molecule has 0 saturated carbocycles. The van der Waals surface area contributed by atoms with E-state index in [0.29, 0.717) is 23.1 Å². The van der Waals surface area contributed by atoms with Crippen molar-refractivity contribution in [2.75, 3.05) is 5.32 Å². The van der Waals surface area contributed by atoms with Crippen LogP contribution in [0.3, 0.4) is 0 Å². The van der Waals surface area contributed by atoms with Gasteiger partial charge in [0.25, 0.3) is 5.56 Å². The zero-order chi connectivity index (χ0) is 22.8. The average molecular weight is 443 g/mol. The number of carbonyl (C=O) groups excluding carboxylic acids is 1. The quantitative estimate of drug-likeness (QED) is 0.511. The van der Waals surface area contributed by atoms with Gasteiger partial charge in [-0.05, 0) is 49.2 Å². The highest BCUT2D eigenvalue weighted by Gasteiger charge is 2.16. The fourth-order valence-corrected chi connectivity index (χ4v) is 4.34. The van der Waals surface area contributed by atoms with Gasteiger partial charge >= 0.3 is 0 Å². The van der Waals surface area contributed by atoms with E-state index < -0.39 is 0 Å². The third-order valence-electron chi connectivity index (χ3n) is 6.19. The average Bonchev–Trinajstić information content (AvgIpc) is 3.09. The summed E-state index contributed by atoms with van der Waals surface area (Å²) in [6.07, 6.45) is 5.11. The van der Waals surface area contributed by atoms with Crippen LogP contribution in [0.15, 0.2) is 53.3 Å². The van der Waals surface area contributed by atoms with Crippen molar-refractivity contribution in [1.29, 1.82) is 0 Å². The number of hydrogen-bond donors (Lipinski definition) is 1. The van der Waals surface area contributed by atoms with Gasteiger partial charge in [-0.1, -0.05) is 18.6 Å². The van der Waals surface area contributed by atoms with Crippen molar-refractivity contribution in [3.63, 3.8) is 0 Å². The second-order valence-corrected chi connectivity index (χ2v) is 8.44. The summed E-state index contributed by atoms with van der Waals surface area (Å²) >= 11 is 0. The Bertz CT molecular complexity index is 1370. The SMILES string of the molecule is Cn1c(CCC(=O)Nc2ccc(-c3nnc4n3CCCCC4)cc2)nc2ccccc2c1=O. The van der Waals surface area contributed by atoms with E-state index >= 15 is 0 Å². The summed E-state index contributed by atoms with van der Waals surface area (Å²) in [4.78, 5) is 29.6. The zero-order valence-electron chi connectivity index (χ0n) is 18.6. The van der Waals surface area contributed by atoms with E-state index in [-0.39, 0.29) is 17.9 Å². The first-order valence-corrected chi connectivity index (χ1v) is 11.4. The van der Waals surface area contributed by atoms with Gasteiger partial charge in [-0.15, -0.1) is 10.2 Å². The molecule has 0 saturated heterocycles. The molecule has 1 aliphatic rings. The second kappa shape index (κ2) is 8.97. The third kappa shape index (κ3) is 4.28. The Kier molecular flexibility index (Phi) is 5.73. The second-order valence-electron chi connectivity index (χ2n) is 8.44. The maximum atomic E-state index is 12.5. The van der Waals surface area contributed by atoms with Crippen LogP contribution < -0.4 is 10.9 Å². The lowest BCUT2D eigenvalue weighted by Crippen LogP contribution is -2.23. The molecule has 0 fully saturated rings. The first-order chi connectivity index (χ1) is 16.1. The number of nitrogens with zero attached hydrogens (tertiary/aromatic N) is 5. The lowest BCUT2D eigenvalue weighted by Gasteiger charge is -2.10. The number of carbonyl (C=O) groups is 1. The minimum atomic E-state index is -0.124. The van der Waals surface area contributed by atoms with Gasteiger partial charge in [0.05, 0.1) is 10.9 Å². The molecular weight excluding hydrogens is 416 g/mol. The summed E-state index contributed by atoms with van der Waals surface area (Å²) in [6, 6.07) is 15.0. The van der Waals surface area contributed by atoms with E-state index in [1.807, 2.05) is 42.5 Å². The zero-order valence-corrected chi connectivity index (χ0v) is 18.6. The lowest BCUT2D eigenvalue weighted by molar-refractivity contribution is -0.116. The fourth-order valence-electron chi connectivity index (χ4n) is 4.34. The maximum absolute atomic E-state index is 12.5. The first-order valence-electron chi connectivity index (χ1n) is 11.4. The summed E-state index contributed by atoms with van der Waals surface area (Å²) in [5.74, 6) is 2.41. The Morgan fingerprint density at radius 1 is 1.03 bits per heavy atom. The van der Waals surface area contributed by atoms with Gasteiger partial charge in [0.2, 0.25) is 5.91 Å². The van der Waals surface area contributed by atoms with Crippen LogP contribution in [0.5, 0.6) is 0 Å². The molecule has 4 aromatic rings. The van der Waals surface area contributed by atoms with Gasteiger partial charge in [0.15, 0.2) is 5.82 Å². The molecule has 1 N–H and O–H groups in total. The molecule has 0 spiro atoms. The van der Waals surface area contributed by atoms with E-state index in [1.165, 1.54) is 11.0 Å². The number of hydrogen-bond acceptors (Lipinski definition) is 5. The van der Waals surface area contributed by atoms with Crippen LogP contribution in [0.4, 0.5) is 5.69 Å². The molecule has 33 heavy (non-hydrogen) atoms. The number of benzene rings is 2. The number of amides is 1. The molecule has 0 aliphatic carbocycles. The summed E-state index contributed by atoms with van der Waals surface area (Å²) in [7, 11) is 1.69. The van der Waals surface area contributed by atoms with Crippen molar-refractivity contribution in [1.82, 2.24) is 24.3 Å². The largest absolute Gasteiger partial charge is 0.326 e. The van der Waals surface area contributed by atoms with Gasteiger partial charge in [-0.25, -0.2) is 4.98 Å². The first kappa shape index (κ1) is 21.1. The number of aryl methyl sites for hydroxylation is 2. The van der Waals surface area contributed by atoms with Gasteiger partial charge in [-0.2, -0.15) is 0 Å². The van der Waals surface area contributed by atoms with Crippen LogP contribution in [0.1, 0.15) is 37.3 Å². The van der Waals surface area contributed by atoms with Crippen molar-refractivity contribution < 1.29 is 4.79 Å². The molecule has 0 unspecified atom stereocenters. The summed E-state index contributed by atoms with van der Waals surface area (Å²) in [5, 5.41) is 12.3. The van der Waals surface area contributed by atoms with E-state index in [4.69, 9.17) is 0 Å². The Hall–Kier alpha value is -3.81. The molecule has 2 aromatic carbocycles. The van der Waals surface area contributed by atoms with Crippen molar-refractivity contribution in [2.45, 2.75) is 45.1 Å². The molecule has 8 nitrogen and oxygen atoms in total. The Labute approximate surface area is 191 Å². The predicted octanol–water partition coefficient (Wildman–Crippen LogP) is 3.49. The highest BCUT2D eigenvalue weighted by molar-refractivity contribution is 5.91. The standard InChI is InChI=1S/C25H26N6O2/c1-30-21(27-20-8-5-4-7-19(20)25(30)33)14-15-23(32)26-18-12-10-17(11-13-18)24-29-28-22-9-3-2-6-16-31(22)24/h4-5,7-8,10-13H,2-3,6,9,14-16H2,1H3,(H,26,32). The highest BCUT2D eigenvalue weighted by atomic mass is 16.1. The van der Waals surface area contributed by atoms with Crippen LogP contribution in [-0.2, 0) is 31.2 Å². The lowest BCUT2D eigenvalue weighted by atomic mass is 10.2. The van der Waals surface area contributed by atoms with E-state index in [2.05, 4.69) is 25.1 Å². The van der Waals surface area contributed by atoms with Crippen LogP contribution in [0, 0.1) is 0 Å². The number of fused-ring (bicyclic) bond motifs is 2. The third-order valence-corrected chi connectivity index (χ3v) is 6.19. The topological polar surface area (TPSA) is 94.7 Å². The fraction of sp³-hybridized carbons (Fsp3) is 0.320. The maximum Gasteiger partial charge on any atom is 0.261 e. The van der Waals surface area contributed by atoms with Crippen LogP contribution >= 0.6 is 0 Å². The molecule has 5 rings (SSSR count). The van der Waals surface area contributed by atoms with E-state index in [1.54, 1.807) is 13.1 Å². The number of nitrogens with one attached hydrogen (secondary N) is 1. The molecular formula is C25H26N6O2. The molecule has 0 radical (unpaired) electrons. The molecule has 2 aromatic heterocycles. The van der Waals surface area contributed by atoms with Crippen LogP contribution in [0.25, 0.3) is 22.3 Å². The normalized spacial score (nSPS) is 13.5. The summed E-state index contributed by atoms with van der Waals surface area (Å²) in [6.45, 7) is 0.946. The van der Waals surface area contributed by atoms with Crippen molar-refractivity contribution in [2.24, 2.45) is 7.05 Å². The molecule has 8 heteroatoms. The highest BCUT2D eigenvalue weighted by Crippen LogP contribution is 2.24. The monoisotopic (exact) mass is 442 g/mol. The van der Waals surface area contributed by atoms with Crippen molar-refractivity contribution in [3.8, 4) is 11.4 Å². The minimum Gasteiger partial charge on any atom is -0.326 e.